The number of unbranched alkanes of at least 4 members (excludes halogenated alkanes) is 1. The molecule has 0 atom stereocenters. The van der Waals surface area contributed by atoms with Crippen molar-refractivity contribution in [3.63, 3.8) is 0 Å². The average molecular weight is 368 g/mol. The lowest BCUT2D eigenvalue weighted by Crippen LogP contribution is -2.26. The zero-order valence-electron chi connectivity index (χ0n) is 14.7. The number of carbonyl (C=O) groups excluding carboxylic acids is 1. The second kappa shape index (κ2) is 8.05. The molecule has 3 aromatic rings. The highest BCUT2D eigenvalue weighted by atomic mass is 32.1. The smallest absolute Gasteiger partial charge is 0.276 e. The number of aromatic nitrogens is 3. The van der Waals surface area contributed by atoms with Gasteiger partial charge in [0.1, 0.15) is 5.69 Å². The van der Waals surface area contributed by atoms with Crippen molar-refractivity contribution in [1.29, 1.82) is 0 Å². The summed E-state index contributed by atoms with van der Waals surface area (Å²) in [5, 5.41) is 9.99. The fraction of sp³-hybridized carbons (Fsp3) is 0.263. The molecule has 0 aliphatic heterocycles. The Kier molecular flexibility index (Phi) is 5.58. The Morgan fingerprint density at radius 3 is 2.62 bits per heavy atom. The predicted octanol–water partition coefficient (Wildman–Crippen LogP) is 3.73. The van der Waals surface area contributed by atoms with Gasteiger partial charge in [-0.2, -0.15) is 5.10 Å². The van der Waals surface area contributed by atoms with Gasteiger partial charge in [-0.1, -0.05) is 25.5 Å². The lowest BCUT2D eigenvalue weighted by Gasteiger charge is -2.08. The van der Waals surface area contributed by atoms with Crippen molar-refractivity contribution in [2.45, 2.75) is 33.2 Å². The topological polar surface area (TPSA) is 76.9 Å². The molecule has 26 heavy (non-hydrogen) atoms. The third-order valence-corrected chi connectivity index (χ3v) is 4.65. The van der Waals surface area contributed by atoms with Gasteiger partial charge in [0.25, 0.3) is 11.5 Å². The maximum absolute atomic E-state index is 12.4. The van der Waals surface area contributed by atoms with Crippen molar-refractivity contribution in [1.82, 2.24) is 14.8 Å². The van der Waals surface area contributed by atoms with Crippen LogP contribution in [-0.4, -0.2) is 20.7 Å². The van der Waals surface area contributed by atoms with Gasteiger partial charge in [0, 0.05) is 29.2 Å². The first-order chi connectivity index (χ1) is 12.6. The first kappa shape index (κ1) is 18.0. The van der Waals surface area contributed by atoms with Crippen molar-refractivity contribution in [2.24, 2.45) is 0 Å². The molecule has 0 saturated carbocycles. The SMILES string of the molecule is CCCCn1nc(C(=O)Nc2ccc(-c3csc(C)n3)cc2)ccc1=O. The molecule has 0 fully saturated rings. The van der Waals surface area contributed by atoms with Gasteiger partial charge < -0.3 is 5.32 Å². The molecular weight excluding hydrogens is 348 g/mol. The average Bonchev–Trinajstić information content (AvgIpc) is 3.08. The fourth-order valence-electron chi connectivity index (χ4n) is 2.45. The molecule has 0 spiro atoms. The van der Waals surface area contributed by atoms with E-state index in [2.05, 4.69) is 15.4 Å². The lowest BCUT2D eigenvalue weighted by atomic mass is 10.1. The van der Waals surface area contributed by atoms with Crippen LogP contribution in [-0.2, 0) is 6.54 Å². The Balaban J connectivity index is 1.72. The fourth-order valence-corrected chi connectivity index (χ4v) is 3.08. The molecule has 0 aliphatic carbocycles. The molecule has 134 valence electrons. The number of rotatable bonds is 6. The third kappa shape index (κ3) is 4.23. The van der Waals surface area contributed by atoms with Gasteiger partial charge in [0.05, 0.1) is 10.7 Å². The molecule has 0 aliphatic rings. The Bertz CT molecular complexity index is 960. The van der Waals surface area contributed by atoms with Crippen LogP contribution < -0.4 is 10.9 Å². The van der Waals surface area contributed by atoms with E-state index in [1.165, 1.54) is 16.8 Å². The van der Waals surface area contributed by atoms with Gasteiger partial charge in [-0.3, -0.25) is 9.59 Å². The molecular formula is C19H20N4O2S. The van der Waals surface area contributed by atoms with Crippen LogP contribution in [0.3, 0.4) is 0 Å². The number of carbonyl (C=O) groups is 1. The van der Waals surface area contributed by atoms with E-state index in [-0.39, 0.29) is 17.2 Å². The van der Waals surface area contributed by atoms with Crippen LogP contribution >= 0.6 is 11.3 Å². The first-order valence-corrected chi connectivity index (χ1v) is 9.37. The van der Waals surface area contributed by atoms with Crippen LogP contribution in [0.25, 0.3) is 11.3 Å². The molecule has 3 rings (SSSR count). The van der Waals surface area contributed by atoms with Gasteiger partial charge in [-0.05, 0) is 31.5 Å². The van der Waals surface area contributed by atoms with Crippen LogP contribution in [0.1, 0.15) is 35.3 Å². The van der Waals surface area contributed by atoms with E-state index in [0.29, 0.717) is 12.2 Å². The number of nitrogens with one attached hydrogen (secondary N) is 1. The largest absolute Gasteiger partial charge is 0.321 e. The van der Waals surface area contributed by atoms with Gasteiger partial charge in [-0.15, -0.1) is 11.3 Å². The van der Waals surface area contributed by atoms with E-state index in [1.54, 1.807) is 11.3 Å². The van der Waals surface area contributed by atoms with Gasteiger partial charge in [0.15, 0.2) is 0 Å². The van der Waals surface area contributed by atoms with E-state index in [9.17, 15) is 9.59 Å². The number of aryl methyl sites for hydroxylation is 2. The van der Waals surface area contributed by atoms with E-state index < -0.39 is 0 Å². The van der Waals surface area contributed by atoms with Crippen molar-refractivity contribution in [3.8, 4) is 11.3 Å². The minimum atomic E-state index is -0.340. The van der Waals surface area contributed by atoms with E-state index in [0.717, 1.165) is 29.1 Å². The highest BCUT2D eigenvalue weighted by molar-refractivity contribution is 7.09. The van der Waals surface area contributed by atoms with Crippen molar-refractivity contribution < 1.29 is 4.79 Å². The van der Waals surface area contributed by atoms with Gasteiger partial charge in [0.2, 0.25) is 0 Å². The van der Waals surface area contributed by atoms with E-state index in [1.807, 2.05) is 43.5 Å². The molecule has 1 amide bonds. The standard InChI is InChI=1S/C19H20N4O2S/c1-3-4-11-23-18(24)10-9-16(22-23)19(25)21-15-7-5-14(6-8-15)17-12-26-13(2)20-17/h5-10,12H,3-4,11H2,1-2H3,(H,21,25). The molecule has 0 unspecified atom stereocenters. The zero-order valence-corrected chi connectivity index (χ0v) is 15.5. The minimum Gasteiger partial charge on any atom is -0.321 e. The zero-order chi connectivity index (χ0) is 18.5. The van der Waals surface area contributed by atoms with Crippen LogP contribution in [0.5, 0.6) is 0 Å². The predicted molar refractivity (Wildman–Crippen MR) is 104 cm³/mol. The summed E-state index contributed by atoms with van der Waals surface area (Å²) in [5.74, 6) is -0.340. The molecule has 7 heteroatoms. The second-order valence-electron chi connectivity index (χ2n) is 5.92. The molecule has 1 aromatic carbocycles. The molecule has 2 heterocycles. The monoisotopic (exact) mass is 368 g/mol. The second-order valence-corrected chi connectivity index (χ2v) is 6.98. The number of amides is 1. The van der Waals surface area contributed by atoms with E-state index in [4.69, 9.17) is 0 Å². The van der Waals surface area contributed by atoms with Crippen molar-refractivity contribution >= 4 is 22.9 Å². The summed E-state index contributed by atoms with van der Waals surface area (Å²) >= 11 is 1.60. The van der Waals surface area contributed by atoms with Crippen molar-refractivity contribution in [3.05, 3.63) is 62.8 Å². The quantitative estimate of drug-likeness (QED) is 0.719. The molecule has 0 saturated heterocycles. The van der Waals surface area contributed by atoms with E-state index >= 15 is 0 Å². The summed E-state index contributed by atoms with van der Waals surface area (Å²) in [4.78, 5) is 28.7. The van der Waals surface area contributed by atoms with Gasteiger partial charge in [-0.25, -0.2) is 9.67 Å². The molecule has 0 bridgehead atoms. The summed E-state index contributed by atoms with van der Waals surface area (Å²) in [7, 11) is 0. The molecule has 6 nitrogen and oxygen atoms in total. The summed E-state index contributed by atoms with van der Waals surface area (Å²) in [6.45, 7) is 4.52. The number of benzene rings is 1. The summed E-state index contributed by atoms with van der Waals surface area (Å²) in [5.41, 5.74) is 2.62. The number of hydrogen-bond acceptors (Lipinski definition) is 5. The van der Waals surface area contributed by atoms with Crippen molar-refractivity contribution in [2.75, 3.05) is 5.32 Å². The number of nitrogens with zero attached hydrogens (tertiary/aromatic N) is 3. The number of anilines is 1. The first-order valence-electron chi connectivity index (χ1n) is 8.49. The summed E-state index contributed by atoms with van der Waals surface area (Å²) in [6, 6.07) is 10.3. The highest BCUT2D eigenvalue weighted by Crippen LogP contribution is 2.23. The normalized spacial score (nSPS) is 10.7. The Hall–Kier alpha value is -2.80. The van der Waals surface area contributed by atoms with Crippen LogP contribution in [0, 0.1) is 6.92 Å². The summed E-state index contributed by atoms with van der Waals surface area (Å²) < 4.78 is 1.34. The molecule has 2 aromatic heterocycles. The van der Waals surface area contributed by atoms with Gasteiger partial charge >= 0.3 is 0 Å². The number of hydrogen-bond donors (Lipinski definition) is 1. The Morgan fingerprint density at radius 1 is 1.19 bits per heavy atom. The summed E-state index contributed by atoms with van der Waals surface area (Å²) in [6.07, 6.45) is 1.80. The maximum Gasteiger partial charge on any atom is 0.276 e. The lowest BCUT2D eigenvalue weighted by molar-refractivity contribution is 0.101. The highest BCUT2D eigenvalue weighted by Gasteiger charge is 2.10. The maximum atomic E-state index is 12.4. The Morgan fingerprint density at radius 2 is 1.96 bits per heavy atom. The van der Waals surface area contributed by atoms with Crippen LogP contribution in [0.2, 0.25) is 0 Å². The molecule has 0 radical (unpaired) electrons. The van der Waals surface area contributed by atoms with Crippen LogP contribution in [0.4, 0.5) is 5.69 Å². The minimum absolute atomic E-state index is 0.196. The van der Waals surface area contributed by atoms with Crippen LogP contribution in [0.15, 0.2) is 46.6 Å². The Labute approximate surface area is 155 Å². The third-order valence-electron chi connectivity index (χ3n) is 3.88. The molecule has 1 N–H and O–H groups in total. The number of thiazole rings is 1.